The molecule has 0 saturated heterocycles. The highest BCUT2D eigenvalue weighted by atomic mass is 79.9. The number of halogens is 3. The van der Waals surface area contributed by atoms with E-state index in [-0.39, 0.29) is 11.3 Å². The Morgan fingerprint density at radius 2 is 1.88 bits per heavy atom. The van der Waals surface area contributed by atoms with Crippen LogP contribution in [0, 0.1) is 5.82 Å². The normalized spacial score (nSPS) is 15.3. The fourth-order valence-electron chi connectivity index (χ4n) is 1.09. The van der Waals surface area contributed by atoms with E-state index < -0.39 is 24.6 Å². The van der Waals surface area contributed by atoms with E-state index in [4.69, 9.17) is 11.6 Å². The lowest BCUT2D eigenvalue weighted by Gasteiger charge is -2.18. The SMILES string of the molecule is CCS(=O)(=O)[C@](Cl)(Br)C(=O)c1ccc(F)cc1. The van der Waals surface area contributed by atoms with Crippen molar-refractivity contribution in [1.82, 2.24) is 0 Å². The number of hydrogen-bond acceptors (Lipinski definition) is 3. The second-order valence-electron chi connectivity index (χ2n) is 3.26. The zero-order valence-corrected chi connectivity index (χ0v) is 11.9. The maximum atomic E-state index is 12.7. The first-order valence-electron chi connectivity index (χ1n) is 4.63. The van der Waals surface area contributed by atoms with Gasteiger partial charge in [0.25, 0.3) is 3.12 Å². The molecule has 0 N–H and O–H groups in total. The number of hydrogen-bond donors (Lipinski definition) is 0. The molecular formula is C10H9BrClFO3S. The van der Waals surface area contributed by atoms with Crippen molar-refractivity contribution in [3.05, 3.63) is 35.6 Å². The summed E-state index contributed by atoms with van der Waals surface area (Å²) in [6.07, 6.45) is 0. The van der Waals surface area contributed by atoms with Gasteiger partial charge in [-0.3, -0.25) is 4.79 Å². The molecular weight excluding hydrogens is 335 g/mol. The Morgan fingerprint density at radius 3 is 2.29 bits per heavy atom. The first-order valence-corrected chi connectivity index (χ1v) is 7.45. The van der Waals surface area contributed by atoms with E-state index in [9.17, 15) is 17.6 Å². The molecule has 17 heavy (non-hydrogen) atoms. The van der Waals surface area contributed by atoms with Gasteiger partial charge in [0.2, 0.25) is 5.78 Å². The monoisotopic (exact) mass is 342 g/mol. The Hall–Kier alpha value is -0.460. The van der Waals surface area contributed by atoms with Crippen molar-refractivity contribution in [1.29, 1.82) is 0 Å². The zero-order chi connectivity index (χ0) is 13.3. The van der Waals surface area contributed by atoms with Crippen molar-refractivity contribution in [2.45, 2.75) is 10.0 Å². The summed E-state index contributed by atoms with van der Waals surface area (Å²) in [5.74, 6) is -1.63. The van der Waals surface area contributed by atoms with Crippen molar-refractivity contribution >= 4 is 43.2 Å². The van der Waals surface area contributed by atoms with E-state index in [1.807, 2.05) is 0 Å². The summed E-state index contributed by atoms with van der Waals surface area (Å²) in [7, 11) is -3.82. The minimum Gasteiger partial charge on any atom is -0.290 e. The summed E-state index contributed by atoms with van der Waals surface area (Å²) in [5, 5.41) is 0. The first kappa shape index (κ1) is 14.6. The predicted octanol–water partition coefficient (Wildman–Crippen LogP) is 2.73. The average molecular weight is 344 g/mol. The van der Waals surface area contributed by atoms with Gasteiger partial charge in [-0.25, -0.2) is 12.8 Å². The van der Waals surface area contributed by atoms with Crippen molar-refractivity contribution in [2.24, 2.45) is 0 Å². The highest BCUT2D eigenvalue weighted by Gasteiger charge is 2.45. The molecule has 0 aliphatic heterocycles. The second kappa shape index (κ2) is 5.04. The number of Topliss-reactive ketones (excluding diaryl/α,β-unsaturated/α-hetero) is 1. The molecule has 3 nitrogen and oxygen atoms in total. The van der Waals surface area contributed by atoms with Crippen LogP contribution in [-0.2, 0) is 9.84 Å². The van der Waals surface area contributed by atoms with Gasteiger partial charge in [-0.15, -0.1) is 0 Å². The van der Waals surface area contributed by atoms with E-state index in [1.54, 1.807) is 0 Å². The number of carbonyl (C=O) groups is 1. The highest BCUT2D eigenvalue weighted by Crippen LogP contribution is 2.34. The van der Waals surface area contributed by atoms with Crippen LogP contribution in [0.25, 0.3) is 0 Å². The van der Waals surface area contributed by atoms with Crippen molar-refractivity contribution in [3.8, 4) is 0 Å². The maximum Gasteiger partial charge on any atom is 0.261 e. The van der Waals surface area contributed by atoms with Crippen molar-refractivity contribution < 1.29 is 17.6 Å². The number of rotatable bonds is 4. The Labute approximate surface area is 112 Å². The molecule has 1 aromatic carbocycles. The summed E-state index contributed by atoms with van der Waals surface area (Å²) in [5.41, 5.74) is 0.0234. The molecule has 0 aliphatic carbocycles. The minimum atomic E-state index is -3.82. The molecule has 0 heterocycles. The summed E-state index contributed by atoms with van der Waals surface area (Å²) >= 11 is 8.46. The summed E-state index contributed by atoms with van der Waals surface area (Å²) in [6.45, 7) is 1.38. The summed E-state index contributed by atoms with van der Waals surface area (Å²) in [4.78, 5) is 11.9. The molecule has 0 radical (unpaired) electrons. The molecule has 1 rings (SSSR count). The highest BCUT2D eigenvalue weighted by molar-refractivity contribution is 9.12. The van der Waals surface area contributed by atoms with Crippen molar-refractivity contribution in [2.75, 3.05) is 5.75 Å². The topological polar surface area (TPSA) is 51.2 Å². The van der Waals surface area contributed by atoms with Gasteiger partial charge in [-0.2, -0.15) is 0 Å². The van der Waals surface area contributed by atoms with Gasteiger partial charge in [0.1, 0.15) is 5.82 Å². The van der Waals surface area contributed by atoms with E-state index in [1.165, 1.54) is 19.1 Å². The van der Waals surface area contributed by atoms with Crippen LogP contribution in [0.4, 0.5) is 4.39 Å². The number of ketones is 1. The molecule has 0 unspecified atom stereocenters. The lowest BCUT2D eigenvalue weighted by Crippen LogP contribution is -2.36. The smallest absolute Gasteiger partial charge is 0.261 e. The van der Waals surface area contributed by atoms with Crippen LogP contribution in [0.3, 0.4) is 0 Å². The van der Waals surface area contributed by atoms with Gasteiger partial charge in [0, 0.05) is 5.56 Å². The molecule has 0 aliphatic rings. The largest absolute Gasteiger partial charge is 0.290 e. The molecule has 7 heteroatoms. The van der Waals surface area contributed by atoms with E-state index in [2.05, 4.69) is 15.9 Å². The molecule has 0 spiro atoms. The first-order chi connectivity index (χ1) is 7.72. The Balaban J connectivity index is 3.18. The van der Waals surface area contributed by atoms with Gasteiger partial charge in [0.15, 0.2) is 9.84 Å². The van der Waals surface area contributed by atoms with Crippen LogP contribution in [0.1, 0.15) is 17.3 Å². The van der Waals surface area contributed by atoms with Crippen molar-refractivity contribution in [3.63, 3.8) is 0 Å². The molecule has 94 valence electrons. The Kier molecular flexibility index (Phi) is 4.33. The number of carbonyl (C=O) groups excluding carboxylic acids is 1. The lowest BCUT2D eigenvalue weighted by atomic mass is 10.1. The molecule has 0 amide bonds. The molecule has 0 bridgehead atoms. The van der Waals surface area contributed by atoms with Gasteiger partial charge in [0.05, 0.1) is 5.75 Å². The Bertz CT molecular complexity index is 525. The van der Waals surface area contributed by atoms with Crippen LogP contribution in [0.2, 0.25) is 0 Å². The molecule has 0 aromatic heterocycles. The molecule has 1 aromatic rings. The summed E-state index contributed by atoms with van der Waals surface area (Å²) < 4.78 is 33.7. The van der Waals surface area contributed by atoms with Crippen LogP contribution in [0.15, 0.2) is 24.3 Å². The number of sulfone groups is 1. The van der Waals surface area contributed by atoms with Gasteiger partial charge >= 0.3 is 0 Å². The van der Waals surface area contributed by atoms with Crippen LogP contribution < -0.4 is 0 Å². The molecule has 1 atom stereocenters. The number of benzene rings is 1. The van der Waals surface area contributed by atoms with E-state index in [0.717, 1.165) is 12.1 Å². The van der Waals surface area contributed by atoms with Gasteiger partial charge in [-0.1, -0.05) is 18.5 Å². The quantitative estimate of drug-likeness (QED) is 0.624. The minimum absolute atomic E-state index is 0.0234. The fourth-order valence-corrected chi connectivity index (χ4v) is 3.21. The van der Waals surface area contributed by atoms with Crippen LogP contribution >= 0.6 is 27.5 Å². The third-order valence-corrected chi connectivity index (χ3v) is 6.58. The van der Waals surface area contributed by atoms with Gasteiger partial charge in [-0.05, 0) is 40.2 Å². The second-order valence-corrected chi connectivity index (χ2v) is 8.64. The van der Waals surface area contributed by atoms with Crippen LogP contribution in [0.5, 0.6) is 0 Å². The van der Waals surface area contributed by atoms with Gasteiger partial charge < -0.3 is 0 Å². The third-order valence-electron chi connectivity index (χ3n) is 2.14. The zero-order valence-electron chi connectivity index (χ0n) is 8.78. The van der Waals surface area contributed by atoms with E-state index in [0.29, 0.717) is 0 Å². The maximum absolute atomic E-state index is 12.7. The van der Waals surface area contributed by atoms with Crippen LogP contribution in [-0.4, -0.2) is 23.1 Å². The molecule has 0 fully saturated rings. The van der Waals surface area contributed by atoms with E-state index >= 15 is 0 Å². The lowest BCUT2D eigenvalue weighted by molar-refractivity contribution is 0.1000. The average Bonchev–Trinajstić information content (AvgIpc) is 2.28. The number of alkyl halides is 2. The fraction of sp³-hybridized carbons (Fsp3) is 0.300. The summed E-state index contributed by atoms with van der Waals surface area (Å²) in [6, 6.07) is 4.49. The molecule has 0 saturated carbocycles. The predicted molar refractivity (Wildman–Crippen MR) is 67.7 cm³/mol. The Morgan fingerprint density at radius 1 is 1.41 bits per heavy atom. The third kappa shape index (κ3) is 2.86. The standard InChI is InChI=1S/C10H9BrClFO3S/c1-2-17(15,16)10(11,12)9(14)7-3-5-8(13)6-4-7/h3-6H,2H2,1H3/t10-/m0/s1.